The largest absolute Gasteiger partial charge is 0.573 e. The summed E-state index contributed by atoms with van der Waals surface area (Å²) >= 11 is 0. The van der Waals surface area contributed by atoms with Crippen molar-refractivity contribution < 1.29 is 31.1 Å². The zero-order valence-electron chi connectivity index (χ0n) is 22.4. The van der Waals surface area contributed by atoms with Gasteiger partial charge >= 0.3 is 12.5 Å². The molecular formula is C30H24F6N4O3. The van der Waals surface area contributed by atoms with E-state index in [0.29, 0.717) is 43.6 Å². The summed E-state index contributed by atoms with van der Waals surface area (Å²) in [4.78, 5) is 33.2. The number of fused-ring (bicyclic) bond motifs is 2. The van der Waals surface area contributed by atoms with Crippen LogP contribution >= 0.6 is 0 Å². The maximum atomic E-state index is 13.7. The van der Waals surface area contributed by atoms with Gasteiger partial charge in [-0.15, -0.1) is 13.2 Å². The molecule has 224 valence electrons. The molecular weight excluding hydrogens is 578 g/mol. The van der Waals surface area contributed by atoms with E-state index in [2.05, 4.69) is 15.0 Å². The molecule has 1 atom stereocenters. The zero-order valence-corrected chi connectivity index (χ0v) is 22.4. The first-order chi connectivity index (χ1) is 20.4. The van der Waals surface area contributed by atoms with Crippen LogP contribution < -0.4 is 30.7 Å². The minimum atomic E-state index is -4.86. The number of piperidine rings is 1. The van der Waals surface area contributed by atoms with Crippen LogP contribution in [0.25, 0.3) is 0 Å². The smallest absolute Gasteiger partial charge is 0.406 e. The average Bonchev–Trinajstić information content (AvgIpc) is 3.13. The van der Waals surface area contributed by atoms with E-state index < -0.39 is 34.7 Å². The monoisotopic (exact) mass is 602 g/mol. The summed E-state index contributed by atoms with van der Waals surface area (Å²) in [5, 5.41) is 2.84. The number of aryl methyl sites for hydroxylation is 2. The Kier molecular flexibility index (Phi) is 7.05. The number of pyridine rings is 1. The van der Waals surface area contributed by atoms with E-state index in [9.17, 15) is 35.9 Å². The van der Waals surface area contributed by atoms with Crippen LogP contribution in [0.4, 0.5) is 54.8 Å². The number of halogens is 6. The quantitative estimate of drug-likeness (QED) is 0.214. The average molecular weight is 603 g/mol. The van der Waals surface area contributed by atoms with Gasteiger partial charge in [-0.3, -0.25) is 14.6 Å². The second kappa shape index (κ2) is 10.6. The molecule has 13 heteroatoms. The van der Waals surface area contributed by atoms with Gasteiger partial charge in [0.2, 0.25) is 0 Å². The van der Waals surface area contributed by atoms with E-state index in [0.717, 1.165) is 35.6 Å². The van der Waals surface area contributed by atoms with E-state index in [1.54, 1.807) is 4.90 Å². The van der Waals surface area contributed by atoms with Crippen molar-refractivity contribution in [3.8, 4) is 5.75 Å². The van der Waals surface area contributed by atoms with Crippen LogP contribution in [0.5, 0.6) is 5.75 Å². The molecule has 0 amide bonds. The molecule has 3 heterocycles. The summed E-state index contributed by atoms with van der Waals surface area (Å²) in [6.45, 7) is 0.666. The van der Waals surface area contributed by atoms with Crippen LogP contribution in [-0.2, 0) is 19.0 Å². The molecule has 1 saturated heterocycles. The fourth-order valence-electron chi connectivity index (χ4n) is 5.82. The van der Waals surface area contributed by atoms with Gasteiger partial charge in [0.15, 0.2) is 0 Å². The highest BCUT2D eigenvalue weighted by molar-refractivity contribution is 5.80. The molecule has 0 spiro atoms. The van der Waals surface area contributed by atoms with Gasteiger partial charge in [-0.1, -0.05) is 18.2 Å². The molecule has 43 heavy (non-hydrogen) atoms. The van der Waals surface area contributed by atoms with Gasteiger partial charge in [-0.2, -0.15) is 13.2 Å². The number of hydrogen-bond donors (Lipinski definition) is 1. The molecule has 3 aromatic carbocycles. The Bertz CT molecular complexity index is 1730. The Hall–Kier alpha value is -4.55. The molecule has 1 fully saturated rings. The molecule has 0 radical (unpaired) electrons. The molecule has 1 N–H and O–H groups in total. The fourth-order valence-corrected chi connectivity index (χ4v) is 5.82. The molecule has 0 saturated carbocycles. The summed E-state index contributed by atoms with van der Waals surface area (Å²) in [5.41, 5.74) is 0.700. The van der Waals surface area contributed by atoms with Crippen LogP contribution in [0.3, 0.4) is 0 Å². The van der Waals surface area contributed by atoms with Crippen molar-refractivity contribution in [1.29, 1.82) is 0 Å². The highest BCUT2D eigenvalue weighted by Crippen LogP contribution is 2.42. The molecule has 0 bridgehead atoms. The second-order valence-corrected chi connectivity index (χ2v) is 10.5. The van der Waals surface area contributed by atoms with Crippen molar-refractivity contribution in [1.82, 2.24) is 4.98 Å². The first-order valence-corrected chi connectivity index (χ1v) is 13.5. The second-order valence-electron chi connectivity index (χ2n) is 10.5. The lowest BCUT2D eigenvalue weighted by Crippen LogP contribution is -2.51. The highest BCUT2D eigenvalue weighted by Gasteiger charge is 2.37. The zero-order chi connectivity index (χ0) is 30.5. The molecule has 4 aromatic rings. The van der Waals surface area contributed by atoms with Crippen molar-refractivity contribution in [3.63, 3.8) is 0 Å². The van der Waals surface area contributed by atoms with Crippen LogP contribution in [0.2, 0.25) is 0 Å². The van der Waals surface area contributed by atoms with E-state index in [1.807, 2.05) is 29.2 Å². The number of para-hydroxylation sites is 1. The van der Waals surface area contributed by atoms with E-state index in [-0.39, 0.29) is 29.6 Å². The number of ether oxygens (including phenoxy) is 1. The van der Waals surface area contributed by atoms with Gasteiger partial charge < -0.3 is 19.9 Å². The molecule has 2 aliphatic rings. The fraction of sp³-hybridized carbons (Fsp3) is 0.300. The van der Waals surface area contributed by atoms with Crippen molar-refractivity contribution in [2.45, 2.75) is 44.3 Å². The molecule has 1 unspecified atom stereocenters. The van der Waals surface area contributed by atoms with Crippen molar-refractivity contribution in [2.24, 2.45) is 0 Å². The maximum Gasteiger partial charge on any atom is 0.573 e. The van der Waals surface area contributed by atoms with Crippen molar-refractivity contribution >= 4 is 28.4 Å². The number of anilines is 5. The molecule has 7 nitrogen and oxygen atoms in total. The minimum absolute atomic E-state index is 0.00725. The lowest BCUT2D eigenvalue weighted by Gasteiger charge is -2.42. The van der Waals surface area contributed by atoms with Crippen molar-refractivity contribution in [3.05, 3.63) is 98.1 Å². The van der Waals surface area contributed by atoms with Crippen LogP contribution in [0.1, 0.15) is 29.7 Å². The van der Waals surface area contributed by atoms with Gasteiger partial charge in [0.1, 0.15) is 17.1 Å². The number of benzene rings is 2. The lowest BCUT2D eigenvalue weighted by molar-refractivity contribution is -0.274. The third-order valence-corrected chi connectivity index (χ3v) is 7.74. The van der Waals surface area contributed by atoms with E-state index in [4.69, 9.17) is 0 Å². The maximum absolute atomic E-state index is 13.7. The highest BCUT2D eigenvalue weighted by atomic mass is 19.4. The Labute approximate surface area is 241 Å². The van der Waals surface area contributed by atoms with E-state index >= 15 is 0 Å². The Morgan fingerprint density at radius 1 is 0.907 bits per heavy atom. The summed E-state index contributed by atoms with van der Waals surface area (Å²) in [6, 6.07) is 13.0. The number of alkyl halides is 6. The van der Waals surface area contributed by atoms with Crippen LogP contribution in [-0.4, -0.2) is 30.5 Å². The Balaban J connectivity index is 1.31. The number of hydrogen-bond acceptors (Lipinski definition) is 7. The number of nitrogens with one attached hydrogen (secondary N) is 1. The normalized spacial score (nSPS) is 17.3. The van der Waals surface area contributed by atoms with Gasteiger partial charge in [0.25, 0.3) is 10.9 Å². The third kappa shape index (κ3) is 5.63. The lowest BCUT2D eigenvalue weighted by atomic mass is 9.99. The molecule has 1 aromatic heterocycles. The first-order valence-electron chi connectivity index (χ1n) is 13.5. The van der Waals surface area contributed by atoms with Gasteiger partial charge in [0, 0.05) is 30.7 Å². The number of rotatable bonds is 5. The van der Waals surface area contributed by atoms with Gasteiger partial charge in [0.05, 0.1) is 23.0 Å². The van der Waals surface area contributed by atoms with Crippen LogP contribution in [0.15, 0.2) is 70.4 Å². The van der Waals surface area contributed by atoms with Crippen LogP contribution in [0, 0.1) is 0 Å². The minimum Gasteiger partial charge on any atom is -0.406 e. The Morgan fingerprint density at radius 2 is 1.65 bits per heavy atom. The standard InChI is InChI=1S/C30H24F6N4O3/c31-29(32,33)18-14-24-22(37-15-18)12-7-17-4-1-2-6-23(17)40(24)20-5-3-13-39(16-20)26-25(27(41)28(26)42)38-19-8-10-21(11-9-19)43-30(34,35)36/h1-2,4,6,8-11,14-15,20,38H,3,5,7,12-13,16H2. The Morgan fingerprint density at radius 3 is 2.37 bits per heavy atom. The number of aromatic nitrogens is 1. The summed E-state index contributed by atoms with van der Waals surface area (Å²) in [5.74, 6) is -0.441. The van der Waals surface area contributed by atoms with Crippen molar-refractivity contribution in [2.75, 3.05) is 28.2 Å². The summed E-state index contributed by atoms with van der Waals surface area (Å²) < 4.78 is 82.6. The molecule has 2 aliphatic heterocycles. The van der Waals surface area contributed by atoms with E-state index in [1.165, 1.54) is 12.1 Å². The summed E-state index contributed by atoms with van der Waals surface area (Å²) in [7, 11) is 0. The predicted molar refractivity (Wildman–Crippen MR) is 148 cm³/mol. The molecule has 0 aliphatic carbocycles. The third-order valence-electron chi connectivity index (χ3n) is 7.74. The van der Waals surface area contributed by atoms with Gasteiger partial charge in [-0.25, -0.2) is 0 Å². The first kappa shape index (κ1) is 28.6. The number of nitrogens with zero attached hydrogens (tertiary/aromatic N) is 3. The topological polar surface area (TPSA) is 74.8 Å². The molecule has 6 rings (SSSR count). The summed E-state index contributed by atoms with van der Waals surface area (Å²) in [6.07, 6.45) is -6.34. The predicted octanol–water partition coefficient (Wildman–Crippen LogP) is 6.24. The SMILES string of the molecule is O=c1c(Nc2ccc(OC(F)(F)F)cc2)c(N2CCCC(N3c4ccccc4CCc4ncc(C(F)(F)F)cc43)C2)c1=O. The van der Waals surface area contributed by atoms with Gasteiger partial charge in [-0.05, 0) is 67.6 Å².